The van der Waals surface area contributed by atoms with Crippen molar-refractivity contribution in [2.24, 2.45) is 0 Å². The van der Waals surface area contributed by atoms with Crippen LogP contribution in [0.1, 0.15) is 64.1 Å². The Hall–Kier alpha value is -3.85. The summed E-state index contributed by atoms with van der Waals surface area (Å²) in [6, 6.07) is 6.90. The maximum atomic E-state index is 13.7. The molecule has 0 saturated heterocycles. The average molecular weight is 533 g/mol. The molecular weight excluding hydrogens is 504 g/mol. The molecule has 3 aromatic rings. The Balaban J connectivity index is 1.42. The van der Waals surface area contributed by atoms with E-state index in [0.717, 1.165) is 35.4 Å². The smallest absolute Gasteiger partial charge is 0.258 e. The lowest BCUT2D eigenvalue weighted by Gasteiger charge is -2.38. The number of benzene rings is 1. The zero-order valence-electron chi connectivity index (χ0n) is 20.9. The van der Waals surface area contributed by atoms with Crippen molar-refractivity contribution in [2.45, 2.75) is 44.1 Å². The minimum atomic E-state index is -0.437. The Bertz CT molecular complexity index is 1460. The van der Waals surface area contributed by atoms with Gasteiger partial charge in [0.1, 0.15) is 16.6 Å². The molecule has 2 aliphatic heterocycles. The number of halogens is 1. The van der Waals surface area contributed by atoms with Crippen LogP contribution in [0.15, 0.2) is 43.1 Å². The number of carbonyl (C=O) groups excluding carboxylic acids is 2. The van der Waals surface area contributed by atoms with E-state index < -0.39 is 6.04 Å². The quantitative estimate of drug-likeness (QED) is 0.390. The molecule has 1 unspecified atom stereocenters. The first-order valence-corrected chi connectivity index (χ1v) is 13.3. The number of phenolic OH excluding ortho intramolecular Hbond substituents is 1. The molecule has 38 heavy (non-hydrogen) atoms. The highest BCUT2D eigenvalue weighted by Gasteiger charge is 2.40. The summed E-state index contributed by atoms with van der Waals surface area (Å²) in [5, 5.41) is 16.1. The molecule has 0 bridgehead atoms. The molecule has 1 atom stereocenters. The van der Waals surface area contributed by atoms with Gasteiger partial charge in [0, 0.05) is 49.9 Å². The number of rotatable bonds is 4. The number of hydrogen-bond acceptors (Lipinski definition) is 6. The lowest BCUT2D eigenvalue weighted by Crippen LogP contribution is -2.46. The van der Waals surface area contributed by atoms with Crippen molar-refractivity contribution in [2.75, 3.05) is 25.4 Å². The van der Waals surface area contributed by atoms with Gasteiger partial charge in [0.05, 0.1) is 23.0 Å². The lowest BCUT2D eigenvalue weighted by molar-refractivity contribution is -0.126. The summed E-state index contributed by atoms with van der Waals surface area (Å²) in [7, 11) is 0. The standard InChI is InChI=1S/C28H29ClN6O3/c1-2-26(37)33-10-8-20-27-22(35(32-20)21-7-6-17(12-24(21)36)16-4-3-5-16)9-11-34(23(27)15-33)28(38)18-14-31-25(29)13-19(18)30/h2,6-7,12-14,16,23,36H,1,3-5,8-11,15H2,(H2,30,31). The zero-order chi connectivity index (χ0) is 26.6. The van der Waals surface area contributed by atoms with Gasteiger partial charge in [0.15, 0.2) is 0 Å². The first-order valence-electron chi connectivity index (χ1n) is 12.9. The molecule has 9 nitrogen and oxygen atoms in total. The third kappa shape index (κ3) is 4.01. The van der Waals surface area contributed by atoms with E-state index in [-0.39, 0.29) is 34.0 Å². The molecule has 2 amide bonds. The molecule has 3 N–H and O–H groups in total. The first-order chi connectivity index (χ1) is 18.4. The number of aromatic nitrogens is 3. The lowest BCUT2D eigenvalue weighted by atomic mass is 9.80. The molecule has 6 rings (SSSR count). The van der Waals surface area contributed by atoms with Gasteiger partial charge >= 0.3 is 0 Å². The molecule has 0 spiro atoms. The van der Waals surface area contributed by atoms with E-state index in [9.17, 15) is 14.7 Å². The maximum absolute atomic E-state index is 13.7. The summed E-state index contributed by atoms with van der Waals surface area (Å²) in [6.45, 7) is 4.78. The number of nitrogens with zero attached hydrogens (tertiary/aromatic N) is 5. The fraction of sp³-hybridized carbons (Fsp3) is 0.357. The predicted molar refractivity (Wildman–Crippen MR) is 143 cm³/mol. The second kappa shape index (κ2) is 9.47. The summed E-state index contributed by atoms with van der Waals surface area (Å²) >= 11 is 5.96. The number of anilines is 1. The average Bonchev–Trinajstić information content (AvgIpc) is 3.12. The molecule has 1 aliphatic carbocycles. The van der Waals surface area contributed by atoms with Gasteiger partial charge in [0.25, 0.3) is 5.91 Å². The molecule has 0 radical (unpaired) electrons. The molecule has 4 heterocycles. The minimum Gasteiger partial charge on any atom is -0.506 e. The van der Waals surface area contributed by atoms with Crippen LogP contribution >= 0.6 is 11.6 Å². The number of aromatic hydroxyl groups is 1. The number of pyridine rings is 1. The monoisotopic (exact) mass is 532 g/mol. The SMILES string of the molecule is C=CC(=O)N1CCc2nn(-c3ccc(C4CCC4)cc3O)c3c2C(C1)N(C(=O)c1cnc(Cl)cc1N)CC3. The van der Waals surface area contributed by atoms with E-state index in [2.05, 4.69) is 17.6 Å². The number of nitrogens with two attached hydrogens (primary N) is 1. The van der Waals surface area contributed by atoms with E-state index in [1.807, 2.05) is 16.8 Å². The maximum Gasteiger partial charge on any atom is 0.258 e. The summed E-state index contributed by atoms with van der Waals surface area (Å²) in [5.41, 5.74) is 11.1. The highest BCUT2D eigenvalue weighted by Crippen LogP contribution is 2.41. The van der Waals surface area contributed by atoms with Gasteiger partial charge in [-0.3, -0.25) is 9.59 Å². The Labute approximate surface area is 225 Å². The van der Waals surface area contributed by atoms with Crippen molar-refractivity contribution in [3.8, 4) is 11.4 Å². The summed E-state index contributed by atoms with van der Waals surface area (Å²) in [6.07, 6.45) is 7.28. The molecule has 1 aromatic carbocycles. The van der Waals surface area contributed by atoms with Gasteiger partial charge in [-0.1, -0.05) is 30.7 Å². The highest BCUT2D eigenvalue weighted by atomic mass is 35.5. The van der Waals surface area contributed by atoms with E-state index in [1.54, 1.807) is 9.80 Å². The summed E-state index contributed by atoms with van der Waals surface area (Å²) < 4.78 is 1.82. The van der Waals surface area contributed by atoms with Crippen molar-refractivity contribution in [3.63, 3.8) is 0 Å². The molecule has 2 aromatic heterocycles. The Kier molecular flexibility index (Phi) is 6.10. The third-order valence-corrected chi connectivity index (χ3v) is 8.30. The van der Waals surface area contributed by atoms with Crippen LogP contribution in [-0.4, -0.2) is 61.1 Å². The second-order valence-corrected chi connectivity index (χ2v) is 10.6. The number of hydrogen-bond donors (Lipinski definition) is 2. The van der Waals surface area contributed by atoms with Crippen LogP contribution in [-0.2, 0) is 17.6 Å². The van der Waals surface area contributed by atoms with Crippen molar-refractivity contribution in [1.82, 2.24) is 24.6 Å². The van der Waals surface area contributed by atoms with Crippen LogP contribution < -0.4 is 5.73 Å². The van der Waals surface area contributed by atoms with Crippen molar-refractivity contribution in [1.29, 1.82) is 0 Å². The molecule has 3 aliphatic rings. The number of carbonyl (C=O) groups is 2. The largest absolute Gasteiger partial charge is 0.506 e. The minimum absolute atomic E-state index is 0.195. The van der Waals surface area contributed by atoms with Crippen LogP contribution in [0.3, 0.4) is 0 Å². The Morgan fingerprint density at radius 2 is 2.00 bits per heavy atom. The van der Waals surface area contributed by atoms with Crippen molar-refractivity contribution >= 4 is 29.1 Å². The number of phenols is 1. The Morgan fingerprint density at radius 3 is 2.68 bits per heavy atom. The van der Waals surface area contributed by atoms with Crippen molar-refractivity contribution in [3.05, 3.63) is 76.3 Å². The van der Waals surface area contributed by atoms with Gasteiger partial charge in [-0.25, -0.2) is 9.67 Å². The Morgan fingerprint density at radius 1 is 1.18 bits per heavy atom. The molecule has 1 saturated carbocycles. The van der Waals surface area contributed by atoms with Crippen molar-refractivity contribution < 1.29 is 14.7 Å². The fourth-order valence-electron chi connectivity index (χ4n) is 5.86. The van der Waals surface area contributed by atoms with Gasteiger partial charge < -0.3 is 20.6 Å². The van der Waals surface area contributed by atoms with E-state index in [4.69, 9.17) is 22.4 Å². The van der Waals surface area contributed by atoms with E-state index in [0.29, 0.717) is 44.1 Å². The number of nitrogen functional groups attached to an aromatic ring is 1. The fourth-order valence-corrected chi connectivity index (χ4v) is 6.02. The van der Waals surface area contributed by atoms with Gasteiger partial charge in [-0.05, 0) is 48.6 Å². The van der Waals surface area contributed by atoms with Crippen LogP contribution in [0.2, 0.25) is 5.15 Å². The molecular formula is C28H29ClN6O3. The second-order valence-electron chi connectivity index (χ2n) is 10.2. The topological polar surface area (TPSA) is 118 Å². The van der Waals surface area contributed by atoms with E-state index >= 15 is 0 Å². The summed E-state index contributed by atoms with van der Waals surface area (Å²) in [4.78, 5) is 33.9. The van der Waals surface area contributed by atoms with Gasteiger partial charge in [-0.2, -0.15) is 5.10 Å². The van der Waals surface area contributed by atoms with Gasteiger partial charge in [0.2, 0.25) is 5.91 Å². The van der Waals surface area contributed by atoms with Crippen LogP contribution in [0.4, 0.5) is 5.69 Å². The van der Waals surface area contributed by atoms with Crippen LogP contribution in [0, 0.1) is 0 Å². The highest BCUT2D eigenvalue weighted by molar-refractivity contribution is 6.29. The normalized spacial score (nSPS) is 18.9. The number of amides is 2. The van der Waals surface area contributed by atoms with Crippen LogP contribution in [0.5, 0.6) is 5.75 Å². The predicted octanol–water partition coefficient (Wildman–Crippen LogP) is 3.79. The third-order valence-electron chi connectivity index (χ3n) is 8.09. The van der Waals surface area contributed by atoms with Gasteiger partial charge in [-0.15, -0.1) is 0 Å². The van der Waals surface area contributed by atoms with E-state index in [1.165, 1.54) is 24.8 Å². The molecule has 10 heteroatoms. The summed E-state index contributed by atoms with van der Waals surface area (Å²) in [5.74, 6) is 0.234. The zero-order valence-corrected chi connectivity index (χ0v) is 21.7. The molecule has 1 fully saturated rings. The molecule has 196 valence electrons. The first kappa shape index (κ1) is 24.5. The van der Waals surface area contributed by atoms with Crippen LogP contribution in [0.25, 0.3) is 5.69 Å².